The highest BCUT2D eigenvalue weighted by atomic mass is 19.4. The Morgan fingerprint density at radius 2 is 1.76 bits per heavy atom. The first kappa shape index (κ1) is 28.7. The number of hydrogen-bond donors (Lipinski definition) is 1. The van der Waals surface area contributed by atoms with Crippen LogP contribution in [0.4, 0.5) is 35.1 Å². The van der Waals surface area contributed by atoms with E-state index in [9.17, 15) is 39.9 Å². The number of pyridine rings is 1. The van der Waals surface area contributed by atoms with Gasteiger partial charge in [-0.3, -0.25) is 9.99 Å². The topological polar surface area (TPSA) is 83.5 Å². The van der Waals surface area contributed by atoms with Gasteiger partial charge in [0.05, 0.1) is 47.9 Å². The molecule has 1 atom stereocenters. The number of benzene rings is 2. The largest absolute Gasteiger partial charge is 0.467 e. The minimum absolute atomic E-state index is 0.0105. The Hall–Kier alpha value is -4.82. The molecule has 0 radical (unpaired) electrons. The van der Waals surface area contributed by atoms with E-state index in [0.29, 0.717) is 23.5 Å². The number of aromatic amines is 1. The van der Waals surface area contributed by atoms with Crippen molar-refractivity contribution in [2.24, 2.45) is 5.10 Å². The fourth-order valence-electron chi connectivity index (χ4n) is 4.40. The van der Waals surface area contributed by atoms with Crippen molar-refractivity contribution in [3.8, 4) is 22.6 Å². The summed E-state index contributed by atoms with van der Waals surface area (Å²) in [6, 6.07) is 5.93. The van der Waals surface area contributed by atoms with Crippen LogP contribution in [-0.4, -0.2) is 39.3 Å². The zero-order chi connectivity index (χ0) is 30.4. The van der Waals surface area contributed by atoms with E-state index in [1.807, 2.05) is 0 Å². The molecule has 5 rings (SSSR count). The van der Waals surface area contributed by atoms with Crippen LogP contribution in [-0.2, 0) is 28.4 Å². The number of aromatic nitrogens is 3. The molecular weight excluding hydrogens is 578 g/mol. The summed E-state index contributed by atoms with van der Waals surface area (Å²) in [5.41, 5.74) is -3.18. The van der Waals surface area contributed by atoms with E-state index >= 15 is 0 Å². The molecule has 0 bridgehead atoms. The molecule has 0 saturated carbocycles. The van der Waals surface area contributed by atoms with Crippen LogP contribution in [0.2, 0.25) is 0 Å². The number of methoxy groups -OCH3 is 1. The maximum atomic E-state index is 14.3. The molecule has 2 aromatic heterocycles. The van der Waals surface area contributed by atoms with E-state index in [4.69, 9.17) is 4.74 Å². The van der Waals surface area contributed by atoms with Crippen molar-refractivity contribution in [3.05, 3.63) is 94.4 Å². The summed E-state index contributed by atoms with van der Waals surface area (Å²) in [7, 11) is 1.11. The van der Waals surface area contributed by atoms with Gasteiger partial charge < -0.3 is 9.72 Å². The average Bonchev–Trinajstić information content (AvgIpc) is 3.37. The van der Waals surface area contributed by atoms with Crippen molar-refractivity contribution in [1.29, 1.82) is 0 Å². The molecule has 0 fully saturated rings. The van der Waals surface area contributed by atoms with E-state index in [2.05, 4.69) is 20.1 Å². The van der Waals surface area contributed by atoms with Crippen molar-refractivity contribution in [3.63, 3.8) is 0 Å². The number of imidazole rings is 1. The van der Waals surface area contributed by atoms with Crippen LogP contribution in [0.1, 0.15) is 34.1 Å². The third-order valence-electron chi connectivity index (χ3n) is 6.42. The number of fused-ring (bicyclic) bond motifs is 1. The van der Waals surface area contributed by atoms with Gasteiger partial charge in [0, 0.05) is 17.3 Å². The molecule has 0 aliphatic carbocycles. The molecule has 1 aliphatic heterocycles. The first-order chi connectivity index (χ1) is 19.8. The van der Waals surface area contributed by atoms with Gasteiger partial charge in [-0.1, -0.05) is 18.2 Å². The number of nitrogens with zero attached hydrogens (tertiary/aromatic N) is 4. The molecule has 0 amide bonds. The molecular formula is C27H17F8N5O2. The van der Waals surface area contributed by atoms with Gasteiger partial charge in [0.2, 0.25) is 0 Å². The molecule has 1 unspecified atom stereocenters. The lowest BCUT2D eigenvalue weighted by molar-refractivity contribution is -0.148. The van der Waals surface area contributed by atoms with Crippen LogP contribution in [0.15, 0.2) is 59.8 Å². The molecule has 15 heteroatoms. The van der Waals surface area contributed by atoms with Crippen LogP contribution in [0.5, 0.6) is 0 Å². The molecule has 0 saturated heterocycles. The number of alkyl halides is 6. The molecule has 4 aromatic rings. The number of ether oxygens (including phenoxy) is 1. The standard InChI is InChI=1S/C27H17F8N5O2/c1-42-25(41)23(40-12-21-20(11-37-40)38-24(39-21)16-3-2-4-18(28)22(16)29)13-5-8-19(36-10-13)15-7-6-14(26(30,31)32)9-17(15)27(33,34)35/h2-11,23H,12H2,1H3,(H,38,39). The summed E-state index contributed by atoms with van der Waals surface area (Å²) < 4.78 is 113. The van der Waals surface area contributed by atoms with Crippen LogP contribution in [0.3, 0.4) is 0 Å². The Labute approximate surface area is 231 Å². The van der Waals surface area contributed by atoms with Crippen LogP contribution in [0, 0.1) is 11.6 Å². The molecule has 0 spiro atoms. The van der Waals surface area contributed by atoms with Crippen molar-refractivity contribution in [2.75, 3.05) is 7.11 Å². The van der Waals surface area contributed by atoms with Gasteiger partial charge in [0.15, 0.2) is 17.7 Å². The molecule has 1 N–H and O–H groups in total. The van der Waals surface area contributed by atoms with Gasteiger partial charge in [0.25, 0.3) is 0 Å². The van der Waals surface area contributed by atoms with Crippen LogP contribution in [0.25, 0.3) is 22.6 Å². The van der Waals surface area contributed by atoms with E-state index in [0.717, 1.165) is 25.4 Å². The van der Waals surface area contributed by atoms with E-state index in [-0.39, 0.29) is 35.3 Å². The average molecular weight is 595 g/mol. The second-order valence-corrected chi connectivity index (χ2v) is 9.05. The zero-order valence-electron chi connectivity index (χ0n) is 21.2. The van der Waals surface area contributed by atoms with Gasteiger partial charge in [-0.25, -0.2) is 18.6 Å². The highest BCUT2D eigenvalue weighted by Crippen LogP contribution is 2.41. The Bertz CT molecular complexity index is 1680. The Morgan fingerprint density at radius 3 is 2.40 bits per heavy atom. The van der Waals surface area contributed by atoms with Gasteiger partial charge in [-0.05, 0) is 30.3 Å². The van der Waals surface area contributed by atoms with Crippen molar-refractivity contribution in [2.45, 2.75) is 24.9 Å². The van der Waals surface area contributed by atoms with Gasteiger partial charge in [-0.15, -0.1) is 0 Å². The lowest BCUT2D eigenvalue weighted by Crippen LogP contribution is -2.33. The number of esters is 1. The minimum atomic E-state index is -5.11. The maximum Gasteiger partial charge on any atom is 0.417 e. The van der Waals surface area contributed by atoms with E-state index in [1.54, 1.807) is 0 Å². The number of carbonyl (C=O) groups excluding carboxylic acids is 1. The second kappa shape index (κ2) is 10.5. The number of H-pyrrole nitrogens is 1. The monoisotopic (exact) mass is 595 g/mol. The number of nitrogens with one attached hydrogen (secondary N) is 1. The van der Waals surface area contributed by atoms with Crippen molar-refractivity contribution < 1.29 is 44.7 Å². The fraction of sp³-hybridized carbons (Fsp3) is 0.185. The van der Waals surface area contributed by atoms with Gasteiger partial charge >= 0.3 is 18.3 Å². The highest BCUT2D eigenvalue weighted by molar-refractivity contribution is 5.82. The van der Waals surface area contributed by atoms with E-state index < -0.39 is 52.7 Å². The Morgan fingerprint density at radius 1 is 1.00 bits per heavy atom. The second-order valence-electron chi connectivity index (χ2n) is 9.05. The van der Waals surface area contributed by atoms with Crippen molar-refractivity contribution >= 4 is 12.2 Å². The smallest absolute Gasteiger partial charge is 0.417 e. The number of rotatable bonds is 5. The molecule has 42 heavy (non-hydrogen) atoms. The third-order valence-corrected chi connectivity index (χ3v) is 6.42. The summed E-state index contributed by atoms with van der Waals surface area (Å²) in [4.78, 5) is 23.8. The minimum Gasteiger partial charge on any atom is -0.467 e. The summed E-state index contributed by atoms with van der Waals surface area (Å²) >= 11 is 0. The van der Waals surface area contributed by atoms with Crippen molar-refractivity contribution in [1.82, 2.24) is 20.0 Å². The summed E-state index contributed by atoms with van der Waals surface area (Å²) in [5.74, 6) is -2.98. The van der Waals surface area contributed by atoms with Gasteiger partial charge in [0.1, 0.15) is 11.5 Å². The molecule has 1 aliphatic rings. The molecule has 2 aromatic carbocycles. The normalized spacial score (nSPS) is 14.1. The highest BCUT2D eigenvalue weighted by Gasteiger charge is 2.39. The SMILES string of the molecule is COC(=O)C(c1ccc(-c2ccc(C(F)(F)F)cc2C(F)(F)F)nc1)N1Cc2[nH]c(-c3cccc(F)c3F)nc2C=N1. The molecule has 3 heterocycles. The number of halogens is 8. The number of hydrazone groups is 1. The van der Waals surface area contributed by atoms with Gasteiger partial charge in [-0.2, -0.15) is 31.4 Å². The predicted octanol–water partition coefficient (Wildman–Crippen LogP) is 6.52. The van der Waals surface area contributed by atoms with E-state index in [1.165, 1.54) is 29.4 Å². The van der Waals surface area contributed by atoms with Crippen LogP contribution >= 0.6 is 0 Å². The third kappa shape index (κ3) is 5.41. The quantitative estimate of drug-likeness (QED) is 0.210. The summed E-state index contributed by atoms with van der Waals surface area (Å²) in [6.07, 6.45) is -7.74. The fourth-order valence-corrected chi connectivity index (χ4v) is 4.40. The number of hydrogen-bond acceptors (Lipinski definition) is 6. The zero-order valence-corrected chi connectivity index (χ0v) is 21.2. The lowest BCUT2D eigenvalue weighted by Gasteiger charge is -2.29. The first-order valence-corrected chi connectivity index (χ1v) is 11.9. The summed E-state index contributed by atoms with van der Waals surface area (Å²) in [6.45, 7) is -0.0889. The molecule has 218 valence electrons. The van der Waals surface area contributed by atoms with Crippen LogP contribution < -0.4 is 0 Å². The predicted molar refractivity (Wildman–Crippen MR) is 132 cm³/mol. The molecule has 7 nitrogen and oxygen atoms in total. The Kier molecular flexibility index (Phi) is 7.20. The summed E-state index contributed by atoms with van der Waals surface area (Å²) in [5, 5.41) is 5.46. The maximum absolute atomic E-state index is 14.3. The lowest BCUT2D eigenvalue weighted by atomic mass is 9.99. The Balaban J connectivity index is 1.46. The number of carbonyl (C=O) groups is 1. The first-order valence-electron chi connectivity index (χ1n) is 11.9.